The number of methoxy groups -OCH3 is 1. The normalized spacial score (nSPS) is 20.8. The van der Waals surface area contributed by atoms with Gasteiger partial charge in [0.05, 0.1) is 18.3 Å². The van der Waals surface area contributed by atoms with Crippen molar-refractivity contribution in [3.63, 3.8) is 0 Å². The van der Waals surface area contributed by atoms with Crippen LogP contribution in [0, 0.1) is 17.8 Å². The number of fused-ring (bicyclic) bond motifs is 2. The molecule has 5 aliphatic rings. The monoisotopic (exact) mass is 762 g/mol. The van der Waals surface area contributed by atoms with E-state index in [4.69, 9.17) is 19.4 Å². The molecule has 1 N–H and O–H groups in total. The summed E-state index contributed by atoms with van der Waals surface area (Å²) >= 11 is 0. The maximum Gasteiger partial charge on any atom is 0.422 e. The van der Waals surface area contributed by atoms with Crippen molar-refractivity contribution in [1.82, 2.24) is 30.0 Å². The third-order valence-electron chi connectivity index (χ3n) is 12.6. The van der Waals surface area contributed by atoms with E-state index in [1.807, 2.05) is 19.1 Å². The molecule has 2 aromatic heterocycles. The third kappa shape index (κ3) is 6.56. The number of ether oxygens (including phenoxy) is 2. The largest absolute Gasteiger partial charge is 0.481 e. The van der Waals surface area contributed by atoms with Gasteiger partial charge in [-0.1, -0.05) is 12.6 Å². The van der Waals surface area contributed by atoms with Gasteiger partial charge >= 0.3 is 6.18 Å². The van der Waals surface area contributed by atoms with Gasteiger partial charge in [-0.3, -0.25) is 9.89 Å². The number of benzene rings is 2. The topological polar surface area (TPSA) is 103 Å². The van der Waals surface area contributed by atoms with E-state index in [1.165, 1.54) is 4.90 Å². The van der Waals surface area contributed by atoms with Crippen LogP contribution in [0.2, 0.25) is 0 Å². The van der Waals surface area contributed by atoms with E-state index in [0.29, 0.717) is 61.0 Å². The number of aromatic amines is 1. The Hall–Kier alpha value is -4.50. The highest BCUT2D eigenvalue weighted by Crippen LogP contribution is 2.54. The van der Waals surface area contributed by atoms with Crippen LogP contribution in [0.5, 0.6) is 5.75 Å². The van der Waals surface area contributed by atoms with E-state index < -0.39 is 24.5 Å². The van der Waals surface area contributed by atoms with Crippen LogP contribution in [-0.2, 0) is 9.53 Å². The Balaban J connectivity index is 1.16. The lowest BCUT2D eigenvalue weighted by atomic mass is 9.72. The van der Waals surface area contributed by atoms with Gasteiger partial charge in [-0.25, -0.2) is 9.37 Å². The number of aromatic nitrogens is 4. The van der Waals surface area contributed by atoms with Crippen molar-refractivity contribution in [2.75, 3.05) is 89.0 Å². The van der Waals surface area contributed by atoms with Crippen LogP contribution >= 0.6 is 0 Å². The summed E-state index contributed by atoms with van der Waals surface area (Å²) in [5.41, 5.74) is 4.36. The summed E-state index contributed by atoms with van der Waals surface area (Å²) in [6.07, 6.45) is 1.53. The summed E-state index contributed by atoms with van der Waals surface area (Å²) in [4.78, 5) is 30.9. The Kier molecular flexibility index (Phi) is 8.76. The maximum atomic E-state index is 14.1. The SMILES string of the molecule is C=C(F)C(=O)N1CC2(CCN(c3nc(N4CC5(CCN(CCOC)C5)C4)nc4c(OCC(F)(F)F)c(-c5c(C)ccc6[nH]ncc56)c(C5CC5)cc34)CC2)C1. The van der Waals surface area contributed by atoms with Gasteiger partial charge in [-0.05, 0) is 80.3 Å². The van der Waals surface area contributed by atoms with E-state index in [0.717, 1.165) is 92.4 Å². The lowest BCUT2D eigenvalue weighted by Crippen LogP contribution is -2.62. The highest BCUT2D eigenvalue weighted by Gasteiger charge is 2.50. The van der Waals surface area contributed by atoms with Crippen molar-refractivity contribution in [3.8, 4) is 16.9 Å². The predicted molar refractivity (Wildman–Crippen MR) is 201 cm³/mol. The van der Waals surface area contributed by atoms with Crippen molar-refractivity contribution in [2.24, 2.45) is 10.8 Å². The van der Waals surface area contributed by atoms with Crippen LogP contribution < -0.4 is 14.5 Å². The first kappa shape index (κ1) is 36.2. The number of carbonyl (C=O) groups excluding carboxylic acids is 1. The summed E-state index contributed by atoms with van der Waals surface area (Å²) in [5, 5.41) is 8.79. The second-order valence-electron chi connectivity index (χ2n) is 16.6. The molecule has 292 valence electrons. The fourth-order valence-corrected chi connectivity index (χ4v) is 9.53. The van der Waals surface area contributed by atoms with Crippen molar-refractivity contribution in [2.45, 2.75) is 51.1 Å². The first-order valence-corrected chi connectivity index (χ1v) is 19.2. The average molecular weight is 763 g/mol. The van der Waals surface area contributed by atoms with Crippen LogP contribution in [0.25, 0.3) is 32.9 Å². The van der Waals surface area contributed by atoms with Crippen LogP contribution in [0.3, 0.4) is 0 Å². The maximum absolute atomic E-state index is 14.1. The molecular weight excluding hydrogens is 716 g/mol. The molecule has 0 unspecified atom stereocenters. The zero-order valence-corrected chi connectivity index (χ0v) is 31.3. The van der Waals surface area contributed by atoms with Gasteiger partial charge in [0, 0.05) is 86.6 Å². The molecule has 4 saturated heterocycles. The predicted octanol–water partition coefficient (Wildman–Crippen LogP) is 6.37. The molecule has 9 rings (SSSR count). The minimum Gasteiger partial charge on any atom is -0.481 e. The fraction of sp³-hybridized carbons (Fsp3) is 0.550. The first-order chi connectivity index (χ1) is 26.3. The average Bonchev–Trinajstić information content (AvgIpc) is 3.70. The quantitative estimate of drug-likeness (QED) is 0.146. The Morgan fingerprint density at radius 3 is 2.42 bits per heavy atom. The number of rotatable bonds is 10. The standard InChI is InChI=1S/C40H46F4N8O3/c1-24-4-7-30-29(17-45-48-30)31(24)32-27(26-5-6-26)16-28-33(34(32)55-23-40(42,43)44)46-37(52-21-39(22-52)8-11-49(18-39)14-15-54-3)47-35(28)50-12-9-38(10-13-50)19-51(20-38)36(53)25(2)41/h4,7,16-17,26H,2,5-6,8-15,18-23H2,1,3H3,(H,45,48). The van der Waals surface area contributed by atoms with E-state index in [2.05, 4.69) is 37.5 Å². The highest BCUT2D eigenvalue weighted by molar-refractivity contribution is 6.06. The number of likely N-dealkylation sites (tertiary alicyclic amines) is 2. The molecular formula is C40H46F4N8O3. The number of carbonyl (C=O) groups is 1. The second-order valence-corrected chi connectivity index (χ2v) is 16.6. The van der Waals surface area contributed by atoms with Crippen molar-refractivity contribution >= 4 is 39.5 Å². The number of hydrogen-bond acceptors (Lipinski definition) is 9. The van der Waals surface area contributed by atoms with E-state index in [1.54, 1.807) is 13.3 Å². The zero-order valence-electron chi connectivity index (χ0n) is 31.3. The molecule has 4 aromatic rings. The number of nitrogens with one attached hydrogen (secondary N) is 1. The molecule has 0 bridgehead atoms. The van der Waals surface area contributed by atoms with Crippen LogP contribution in [0.1, 0.15) is 49.1 Å². The third-order valence-corrected chi connectivity index (χ3v) is 12.6. The smallest absolute Gasteiger partial charge is 0.422 e. The zero-order chi connectivity index (χ0) is 38.3. The number of nitrogens with zero attached hydrogens (tertiary/aromatic N) is 7. The number of piperidine rings is 1. The number of hydrogen-bond donors (Lipinski definition) is 1. The Morgan fingerprint density at radius 2 is 1.73 bits per heavy atom. The molecule has 2 aromatic carbocycles. The Bertz CT molecular complexity index is 2160. The summed E-state index contributed by atoms with van der Waals surface area (Å²) in [6, 6.07) is 5.99. The molecule has 6 heterocycles. The summed E-state index contributed by atoms with van der Waals surface area (Å²) in [5.74, 6) is -0.189. The molecule has 0 atom stereocenters. The van der Waals surface area contributed by atoms with Crippen LogP contribution in [0.15, 0.2) is 36.8 Å². The number of H-pyrrole nitrogens is 1. The summed E-state index contributed by atoms with van der Waals surface area (Å²) < 4.78 is 67.3. The van der Waals surface area contributed by atoms with Gasteiger partial charge in [0.25, 0.3) is 5.91 Å². The highest BCUT2D eigenvalue weighted by atomic mass is 19.4. The lowest BCUT2D eigenvalue weighted by Gasteiger charge is -2.54. The van der Waals surface area contributed by atoms with Crippen LogP contribution in [0.4, 0.5) is 29.3 Å². The molecule has 55 heavy (non-hydrogen) atoms. The van der Waals surface area contributed by atoms with E-state index in [-0.39, 0.29) is 22.5 Å². The first-order valence-electron chi connectivity index (χ1n) is 19.2. The minimum absolute atomic E-state index is 0.0901. The molecule has 15 heteroatoms. The molecule has 2 spiro atoms. The van der Waals surface area contributed by atoms with Gasteiger partial charge in [0.15, 0.2) is 18.2 Å². The molecule has 0 radical (unpaired) electrons. The molecule has 1 saturated carbocycles. The van der Waals surface area contributed by atoms with Gasteiger partial charge in [0.2, 0.25) is 5.95 Å². The Morgan fingerprint density at radius 1 is 0.982 bits per heavy atom. The van der Waals surface area contributed by atoms with Crippen molar-refractivity contribution in [1.29, 1.82) is 0 Å². The van der Waals surface area contributed by atoms with E-state index >= 15 is 0 Å². The van der Waals surface area contributed by atoms with Crippen LogP contribution in [-0.4, -0.2) is 121 Å². The number of aryl methyl sites for hydroxylation is 1. The van der Waals surface area contributed by atoms with Gasteiger partial charge in [0.1, 0.15) is 11.3 Å². The van der Waals surface area contributed by atoms with Gasteiger partial charge in [-0.2, -0.15) is 23.3 Å². The van der Waals surface area contributed by atoms with Crippen molar-refractivity contribution < 1.29 is 31.8 Å². The number of halogens is 4. The van der Waals surface area contributed by atoms with Gasteiger partial charge < -0.3 is 29.1 Å². The van der Waals surface area contributed by atoms with Gasteiger partial charge in [-0.15, -0.1) is 0 Å². The van der Waals surface area contributed by atoms with E-state index in [9.17, 15) is 22.4 Å². The summed E-state index contributed by atoms with van der Waals surface area (Å²) in [6.45, 7) is 10.8. The second kappa shape index (κ2) is 13.3. The number of anilines is 2. The fourth-order valence-electron chi connectivity index (χ4n) is 9.53. The molecule has 1 amide bonds. The molecule has 11 nitrogen and oxygen atoms in total. The lowest BCUT2D eigenvalue weighted by molar-refractivity contribution is -0.153. The number of amides is 1. The molecule has 1 aliphatic carbocycles. The molecule has 5 fully saturated rings. The number of alkyl halides is 3. The summed E-state index contributed by atoms with van der Waals surface area (Å²) in [7, 11) is 1.71. The minimum atomic E-state index is -4.58. The molecule has 4 aliphatic heterocycles. The van der Waals surface area contributed by atoms with Crippen molar-refractivity contribution in [3.05, 3.63) is 47.9 Å². The Labute approximate surface area is 316 Å².